The number of likely N-dealkylation sites (tertiary alicyclic amines) is 2. The molecule has 23 heavy (non-hydrogen) atoms. The second kappa shape index (κ2) is 7.51. The van der Waals surface area contributed by atoms with E-state index in [-0.39, 0.29) is 17.9 Å². The Morgan fingerprint density at radius 3 is 2.91 bits per heavy atom. The number of aliphatic hydroxyl groups is 1. The van der Waals surface area contributed by atoms with Gasteiger partial charge >= 0.3 is 0 Å². The summed E-state index contributed by atoms with van der Waals surface area (Å²) in [4.78, 5) is 17.9. The maximum Gasteiger partial charge on any atom is 0.222 e. The molecule has 1 aromatic rings. The fourth-order valence-electron chi connectivity index (χ4n) is 4.00. The predicted molar refractivity (Wildman–Crippen MR) is 93.8 cm³/mol. The van der Waals surface area contributed by atoms with E-state index in [1.54, 1.807) is 11.3 Å². The zero-order valence-corrected chi connectivity index (χ0v) is 15.0. The molecule has 0 aliphatic carbocycles. The van der Waals surface area contributed by atoms with Crippen LogP contribution in [-0.2, 0) is 11.3 Å². The molecule has 3 rings (SSSR count). The lowest BCUT2D eigenvalue weighted by molar-refractivity contribution is -0.139. The largest absolute Gasteiger partial charge is 0.396 e. The van der Waals surface area contributed by atoms with Gasteiger partial charge in [-0.05, 0) is 44.4 Å². The van der Waals surface area contributed by atoms with Crippen LogP contribution >= 0.6 is 22.9 Å². The van der Waals surface area contributed by atoms with Gasteiger partial charge < -0.3 is 10.0 Å². The summed E-state index contributed by atoms with van der Waals surface area (Å²) in [5.41, 5.74) is 0.239. The van der Waals surface area contributed by atoms with Crippen molar-refractivity contribution >= 4 is 28.8 Å². The lowest BCUT2D eigenvalue weighted by Crippen LogP contribution is -2.54. The zero-order valence-electron chi connectivity index (χ0n) is 13.5. The SMILES string of the molecule is O=C1CC[C@@]2(CCCN(Cc3ccc(Cl)s3)C2)CN1CCCO. The summed E-state index contributed by atoms with van der Waals surface area (Å²) < 4.78 is 0.852. The van der Waals surface area contributed by atoms with E-state index in [1.165, 1.54) is 17.7 Å². The van der Waals surface area contributed by atoms with Gasteiger partial charge in [0.1, 0.15) is 0 Å². The Morgan fingerprint density at radius 1 is 1.30 bits per heavy atom. The highest BCUT2D eigenvalue weighted by Crippen LogP contribution is 2.39. The number of amides is 1. The molecule has 1 aromatic heterocycles. The molecule has 2 aliphatic rings. The van der Waals surface area contributed by atoms with Gasteiger partial charge in [-0.2, -0.15) is 0 Å². The van der Waals surface area contributed by atoms with Crippen molar-refractivity contribution in [2.24, 2.45) is 5.41 Å². The molecule has 2 aliphatic heterocycles. The van der Waals surface area contributed by atoms with Crippen molar-refractivity contribution in [3.63, 3.8) is 0 Å². The predicted octanol–water partition coefficient (Wildman–Crippen LogP) is 2.99. The summed E-state index contributed by atoms with van der Waals surface area (Å²) in [5, 5.41) is 9.04. The summed E-state index contributed by atoms with van der Waals surface area (Å²) >= 11 is 7.70. The topological polar surface area (TPSA) is 43.8 Å². The van der Waals surface area contributed by atoms with Crippen LogP contribution in [0.25, 0.3) is 0 Å². The van der Waals surface area contributed by atoms with Gasteiger partial charge in [-0.1, -0.05) is 11.6 Å². The number of rotatable bonds is 5. The molecule has 0 radical (unpaired) electrons. The van der Waals surface area contributed by atoms with Crippen LogP contribution in [0, 0.1) is 5.41 Å². The Labute approximate surface area is 147 Å². The van der Waals surface area contributed by atoms with E-state index in [2.05, 4.69) is 11.0 Å². The molecule has 6 heteroatoms. The minimum atomic E-state index is 0.155. The maximum atomic E-state index is 12.1. The van der Waals surface area contributed by atoms with Crippen molar-refractivity contribution in [2.45, 2.75) is 38.6 Å². The average Bonchev–Trinajstić information content (AvgIpc) is 2.94. The molecule has 1 atom stereocenters. The van der Waals surface area contributed by atoms with Gasteiger partial charge in [0.25, 0.3) is 0 Å². The van der Waals surface area contributed by atoms with Crippen LogP contribution in [0.3, 0.4) is 0 Å². The van der Waals surface area contributed by atoms with Crippen LogP contribution in [0.15, 0.2) is 12.1 Å². The molecule has 1 N–H and O–H groups in total. The van der Waals surface area contributed by atoms with Crippen LogP contribution in [0.5, 0.6) is 0 Å². The number of carbonyl (C=O) groups excluding carboxylic acids is 1. The summed E-state index contributed by atoms with van der Waals surface area (Å²) in [6, 6.07) is 4.09. The number of carbonyl (C=O) groups is 1. The Hall–Kier alpha value is -0.620. The third kappa shape index (κ3) is 4.27. The molecule has 0 aromatic carbocycles. The molecule has 1 spiro atoms. The van der Waals surface area contributed by atoms with E-state index < -0.39 is 0 Å². The minimum absolute atomic E-state index is 0.155. The molecule has 2 fully saturated rings. The molecule has 3 heterocycles. The molecule has 0 unspecified atom stereocenters. The van der Waals surface area contributed by atoms with Crippen LogP contribution < -0.4 is 0 Å². The zero-order chi connectivity index (χ0) is 16.3. The first-order chi connectivity index (χ1) is 11.1. The first-order valence-electron chi connectivity index (χ1n) is 8.45. The molecule has 1 amide bonds. The molecular weight excluding hydrogens is 332 g/mol. The number of halogens is 1. The van der Waals surface area contributed by atoms with Gasteiger partial charge in [0.15, 0.2) is 0 Å². The molecule has 2 saturated heterocycles. The normalized spacial score (nSPS) is 26.2. The van der Waals surface area contributed by atoms with Crippen molar-refractivity contribution in [3.05, 3.63) is 21.3 Å². The Bertz CT molecular complexity index is 550. The monoisotopic (exact) mass is 356 g/mol. The van der Waals surface area contributed by atoms with Crippen LogP contribution in [0.1, 0.15) is 37.0 Å². The summed E-state index contributed by atoms with van der Waals surface area (Å²) in [5.74, 6) is 0.256. The van der Waals surface area contributed by atoms with E-state index in [1.807, 2.05) is 11.0 Å². The smallest absolute Gasteiger partial charge is 0.222 e. The van der Waals surface area contributed by atoms with Gasteiger partial charge in [0.05, 0.1) is 4.34 Å². The van der Waals surface area contributed by atoms with Crippen LogP contribution in [0.4, 0.5) is 0 Å². The van der Waals surface area contributed by atoms with Gasteiger partial charge in [0, 0.05) is 49.5 Å². The lowest BCUT2D eigenvalue weighted by atomic mass is 9.73. The Morgan fingerprint density at radius 2 is 2.17 bits per heavy atom. The molecule has 128 valence electrons. The van der Waals surface area contributed by atoms with Gasteiger partial charge in [-0.3, -0.25) is 9.69 Å². The summed E-state index contributed by atoms with van der Waals surface area (Å²) in [6.07, 6.45) is 4.74. The fraction of sp³-hybridized carbons (Fsp3) is 0.706. The number of nitrogens with zero attached hydrogens (tertiary/aromatic N) is 2. The lowest BCUT2D eigenvalue weighted by Gasteiger charge is -2.48. The highest BCUT2D eigenvalue weighted by atomic mass is 35.5. The van der Waals surface area contributed by atoms with Crippen molar-refractivity contribution in [3.8, 4) is 0 Å². The molecule has 4 nitrogen and oxygen atoms in total. The second-order valence-electron chi connectivity index (χ2n) is 6.91. The first kappa shape index (κ1) is 17.2. The Kier molecular flexibility index (Phi) is 5.62. The highest BCUT2D eigenvalue weighted by Gasteiger charge is 2.41. The Balaban J connectivity index is 1.63. The van der Waals surface area contributed by atoms with Crippen molar-refractivity contribution < 1.29 is 9.90 Å². The third-order valence-electron chi connectivity index (χ3n) is 5.08. The van der Waals surface area contributed by atoms with Crippen molar-refractivity contribution in [1.82, 2.24) is 9.80 Å². The van der Waals surface area contributed by atoms with E-state index in [9.17, 15) is 4.79 Å². The van der Waals surface area contributed by atoms with E-state index in [0.29, 0.717) is 19.4 Å². The summed E-state index contributed by atoms with van der Waals surface area (Å²) in [6.45, 7) is 4.85. The van der Waals surface area contributed by atoms with E-state index >= 15 is 0 Å². The maximum absolute atomic E-state index is 12.1. The number of aliphatic hydroxyl groups excluding tert-OH is 1. The van der Waals surface area contributed by atoms with Gasteiger partial charge in [0.2, 0.25) is 5.91 Å². The fourth-order valence-corrected chi connectivity index (χ4v) is 5.13. The van der Waals surface area contributed by atoms with Crippen molar-refractivity contribution in [1.29, 1.82) is 0 Å². The molecular formula is C17H25ClN2O2S. The molecule has 0 bridgehead atoms. The van der Waals surface area contributed by atoms with Crippen LogP contribution in [0.2, 0.25) is 4.34 Å². The standard InChI is InChI=1S/C17H25ClN2O2S/c18-15-4-3-14(23-15)11-19-8-1-6-17(12-19)7-5-16(22)20(13-17)9-2-10-21/h3-4,21H,1-2,5-13H2/t17-/m1/s1. The quantitative estimate of drug-likeness (QED) is 0.882. The number of hydrogen-bond acceptors (Lipinski definition) is 4. The van der Waals surface area contributed by atoms with Gasteiger partial charge in [-0.15, -0.1) is 11.3 Å². The van der Waals surface area contributed by atoms with Crippen molar-refractivity contribution in [2.75, 3.05) is 32.8 Å². The second-order valence-corrected chi connectivity index (χ2v) is 8.71. The average molecular weight is 357 g/mol. The van der Waals surface area contributed by atoms with E-state index in [0.717, 1.165) is 36.9 Å². The number of thiophene rings is 1. The minimum Gasteiger partial charge on any atom is -0.396 e. The summed E-state index contributed by atoms with van der Waals surface area (Å²) in [7, 11) is 0. The van der Waals surface area contributed by atoms with Crippen LogP contribution in [-0.4, -0.2) is 53.6 Å². The highest BCUT2D eigenvalue weighted by molar-refractivity contribution is 7.16. The molecule has 0 saturated carbocycles. The van der Waals surface area contributed by atoms with E-state index in [4.69, 9.17) is 16.7 Å². The third-order valence-corrected chi connectivity index (χ3v) is 6.30. The van der Waals surface area contributed by atoms with Gasteiger partial charge in [-0.25, -0.2) is 0 Å². The number of hydrogen-bond donors (Lipinski definition) is 1. The number of piperidine rings is 2. The first-order valence-corrected chi connectivity index (χ1v) is 9.65.